The van der Waals surface area contributed by atoms with Crippen LogP contribution in [0.25, 0.3) is 22.5 Å². The molecule has 14 nitrogen and oxygen atoms in total. The summed E-state index contributed by atoms with van der Waals surface area (Å²) in [7, 11) is 2.06. The molecule has 0 unspecified atom stereocenters. The van der Waals surface area contributed by atoms with Crippen molar-refractivity contribution in [3.63, 3.8) is 0 Å². The highest BCUT2D eigenvalue weighted by Crippen LogP contribution is 2.29. The van der Waals surface area contributed by atoms with Gasteiger partial charge < -0.3 is 30.9 Å². The van der Waals surface area contributed by atoms with Crippen LogP contribution in [0, 0.1) is 11.8 Å². The van der Waals surface area contributed by atoms with E-state index in [0.29, 0.717) is 49.6 Å². The minimum atomic E-state index is -1.05. The molecule has 1 saturated carbocycles. The number of carboxylic acid groups (broad SMARTS) is 1. The number of aromatic amines is 1. The second-order valence-electron chi connectivity index (χ2n) is 13.3. The largest absolute Gasteiger partial charge is 0.465 e. The van der Waals surface area contributed by atoms with Crippen LogP contribution in [-0.2, 0) is 16.0 Å². The Kier molecular flexibility index (Phi) is 11.3. The van der Waals surface area contributed by atoms with Gasteiger partial charge in [0, 0.05) is 61.9 Å². The highest BCUT2D eigenvalue weighted by atomic mass is 16.4. The molecule has 4 amide bonds. The van der Waals surface area contributed by atoms with Gasteiger partial charge in [-0.3, -0.25) is 14.4 Å². The van der Waals surface area contributed by atoms with Gasteiger partial charge in [0.2, 0.25) is 17.6 Å². The first-order chi connectivity index (χ1) is 24.7. The fourth-order valence-electron chi connectivity index (χ4n) is 6.67. The lowest BCUT2D eigenvalue weighted by atomic mass is 9.81. The molecule has 0 bridgehead atoms. The number of amides is 4. The Bertz CT molecular complexity index is 1800. The number of likely N-dealkylation sites (N-methyl/N-ethyl adjacent to an activating group) is 1. The van der Waals surface area contributed by atoms with Crippen molar-refractivity contribution in [1.82, 2.24) is 41.1 Å². The monoisotopic (exact) mass is 693 g/mol. The van der Waals surface area contributed by atoms with Crippen molar-refractivity contribution in [2.24, 2.45) is 11.8 Å². The number of piperazine rings is 1. The lowest BCUT2D eigenvalue weighted by molar-refractivity contribution is -0.130. The van der Waals surface area contributed by atoms with Crippen LogP contribution < -0.4 is 16.0 Å². The number of H-pyrrole nitrogens is 1. The molecule has 6 rings (SSSR count). The van der Waals surface area contributed by atoms with E-state index in [-0.39, 0.29) is 36.0 Å². The van der Waals surface area contributed by atoms with E-state index in [0.717, 1.165) is 48.2 Å². The van der Waals surface area contributed by atoms with Gasteiger partial charge in [0.05, 0.1) is 0 Å². The summed E-state index contributed by atoms with van der Waals surface area (Å²) >= 11 is 0. The summed E-state index contributed by atoms with van der Waals surface area (Å²) in [6, 6.07) is 21.6. The van der Waals surface area contributed by atoms with E-state index in [1.165, 1.54) is 0 Å². The molecule has 1 aliphatic carbocycles. The summed E-state index contributed by atoms with van der Waals surface area (Å²) in [5.74, 6) is -0.160. The summed E-state index contributed by atoms with van der Waals surface area (Å²) in [5.41, 5.74) is 4.66. The number of carbonyl (C=O) groups is 4. The Labute approximate surface area is 296 Å². The zero-order chi connectivity index (χ0) is 35.7. The van der Waals surface area contributed by atoms with Crippen LogP contribution in [0.1, 0.15) is 41.6 Å². The van der Waals surface area contributed by atoms with Crippen molar-refractivity contribution in [3.05, 3.63) is 83.9 Å². The van der Waals surface area contributed by atoms with Gasteiger partial charge in [-0.15, -0.1) is 10.2 Å². The lowest BCUT2D eigenvalue weighted by Gasteiger charge is -2.32. The number of nitrogens with zero attached hydrogens (tertiary/aromatic N) is 5. The Hall–Kier alpha value is -5.63. The molecule has 2 fully saturated rings. The average molecular weight is 694 g/mol. The molecule has 1 atom stereocenters. The summed E-state index contributed by atoms with van der Waals surface area (Å²) in [5, 5.41) is 31.3. The third-order valence-corrected chi connectivity index (χ3v) is 9.78. The Morgan fingerprint density at radius 1 is 0.882 bits per heavy atom. The van der Waals surface area contributed by atoms with Crippen LogP contribution in [0.15, 0.2) is 72.8 Å². The molecule has 1 saturated heterocycles. The zero-order valence-corrected chi connectivity index (χ0v) is 28.5. The van der Waals surface area contributed by atoms with Crippen LogP contribution in [0.2, 0.25) is 0 Å². The number of benzene rings is 3. The number of tetrazole rings is 1. The van der Waals surface area contributed by atoms with Crippen LogP contribution in [0.3, 0.4) is 0 Å². The smallest absolute Gasteiger partial charge is 0.404 e. The summed E-state index contributed by atoms with van der Waals surface area (Å²) < 4.78 is 0. The van der Waals surface area contributed by atoms with Gasteiger partial charge in [-0.05, 0) is 97.0 Å². The molecular formula is C37H43N9O5. The number of hydrogen-bond acceptors (Lipinski definition) is 8. The van der Waals surface area contributed by atoms with Gasteiger partial charge in [0.1, 0.15) is 6.04 Å². The average Bonchev–Trinajstić information content (AvgIpc) is 3.70. The predicted octanol–water partition coefficient (Wildman–Crippen LogP) is 3.66. The Morgan fingerprint density at radius 2 is 1.59 bits per heavy atom. The maximum atomic E-state index is 13.7. The topological polar surface area (TPSA) is 186 Å². The highest BCUT2D eigenvalue weighted by molar-refractivity contribution is 5.98. The second-order valence-corrected chi connectivity index (χ2v) is 13.3. The predicted molar refractivity (Wildman–Crippen MR) is 191 cm³/mol. The standard InChI is InChI=1S/C37H43N9O5/c1-45-17-19-46(20-18-45)36(49)30-4-2-3-29(22-30)26-9-5-24(6-10-26)21-32(40-34(47)28-11-7-25(8-12-28)23-38-37(50)51)35(48)39-31-15-13-27(14-16-31)33-41-43-44-42-33/h2-6,9-10,13-16,22,25,28,32,38H,7-8,11-12,17-21,23H2,1H3,(H,39,48)(H,40,47)(H,50,51)(H,41,42,43,44)/t25?,28?,32-/m0/s1. The molecule has 2 aliphatic rings. The van der Waals surface area contributed by atoms with Crippen molar-refractivity contribution < 1.29 is 24.3 Å². The van der Waals surface area contributed by atoms with E-state index in [9.17, 15) is 19.2 Å². The van der Waals surface area contributed by atoms with Crippen LogP contribution in [0.5, 0.6) is 0 Å². The molecule has 3 aromatic carbocycles. The first-order valence-corrected chi connectivity index (χ1v) is 17.3. The van der Waals surface area contributed by atoms with Gasteiger partial charge in [0.15, 0.2) is 0 Å². The molecular weight excluding hydrogens is 650 g/mol. The normalized spacial score (nSPS) is 18.4. The molecule has 14 heteroatoms. The molecule has 0 radical (unpaired) electrons. The molecule has 266 valence electrons. The molecule has 0 spiro atoms. The van der Waals surface area contributed by atoms with Gasteiger partial charge in [0.25, 0.3) is 5.91 Å². The van der Waals surface area contributed by atoms with Crippen LogP contribution in [0.4, 0.5) is 10.5 Å². The van der Waals surface area contributed by atoms with Crippen molar-refractivity contribution >= 4 is 29.5 Å². The Balaban J connectivity index is 1.13. The molecule has 51 heavy (non-hydrogen) atoms. The van der Waals surface area contributed by atoms with Gasteiger partial charge in [-0.25, -0.2) is 4.79 Å². The van der Waals surface area contributed by atoms with Gasteiger partial charge in [-0.1, -0.05) is 36.4 Å². The van der Waals surface area contributed by atoms with Crippen molar-refractivity contribution in [3.8, 4) is 22.5 Å². The maximum absolute atomic E-state index is 13.7. The second kappa shape index (κ2) is 16.4. The van der Waals surface area contributed by atoms with E-state index in [4.69, 9.17) is 5.11 Å². The molecule has 5 N–H and O–H groups in total. The van der Waals surface area contributed by atoms with Crippen LogP contribution >= 0.6 is 0 Å². The highest BCUT2D eigenvalue weighted by Gasteiger charge is 2.30. The van der Waals surface area contributed by atoms with E-state index < -0.39 is 12.1 Å². The summed E-state index contributed by atoms with van der Waals surface area (Å²) in [4.78, 5) is 55.4. The molecule has 2 heterocycles. The number of rotatable bonds is 11. The minimum absolute atomic E-state index is 0.0287. The minimum Gasteiger partial charge on any atom is -0.465 e. The third kappa shape index (κ3) is 9.34. The van der Waals surface area contributed by atoms with E-state index in [1.54, 1.807) is 24.3 Å². The fourth-order valence-corrected chi connectivity index (χ4v) is 6.67. The van der Waals surface area contributed by atoms with Gasteiger partial charge >= 0.3 is 6.09 Å². The number of nitrogens with one attached hydrogen (secondary N) is 4. The molecule has 1 aliphatic heterocycles. The number of carbonyl (C=O) groups excluding carboxylic acids is 3. The fraction of sp³-hybridized carbons (Fsp3) is 0.378. The van der Waals surface area contributed by atoms with Crippen molar-refractivity contribution in [2.75, 3.05) is 45.1 Å². The third-order valence-electron chi connectivity index (χ3n) is 9.78. The van der Waals surface area contributed by atoms with Gasteiger partial charge in [-0.2, -0.15) is 5.21 Å². The Morgan fingerprint density at radius 3 is 2.25 bits per heavy atom. The number of anilines is 1. The maximum Gasteiger partial charge on any atom is 0.404 e. The molecule has 1 aromatic heterocycles. The number of hydrogen-bond donors (Lipinski definition) is 5. The van der Waals surface area contributed by atoms with Crippen LogP contribution in [-0.4, -0.2) is 105 Å². The SMILES string of the molecule is CN1CCN(C(=O)c2cccc(-c3ccc(C[C@H](NC(=O)C4CCC(CNC(=O)O)CC4)C(=O)Nc4ccc(-c5nn[nH]n5)cc4)cc3)c2)CC1. The zero-order valence-electron chi connectivity index (χ0n) is 28.5. The molecule has 4 aromatic rings. The van der Waals surface area contributed by atoms with E-state index >= 15 is 0 Å². The van der Waals surface area contributed by atoms with Crippen molar-refractivity contribution in [2.45, 2.75) is 38.1 Å². The lowest BCUT2D eigenvalue weighted by Crippen LogP contribution is -2.48. The van der Waals surface area contributed by atoms with Crippen molar-refractivity contribution in [1.29, 1.82) is 0 Å². The summed E-state index contributed by atoms with van der Waals surface area (Å²) in [6.45, 7) is 3.49. The quantitative estimate of drug-likeness (QED) is 0.156. The summed E-state index contributed by atoms with van der Waals surface area (Å²) in [6.07, 6.45) is 1.91. The van der Waals surface area contributed by atoms with E-state index in [1.807, 2.05) is 53.4 Å². The first kappa shape index (κ1) is 35.2. The number of aromatic nitrogens is 4. The first-order valence-electron chi connectivity index (χ1n) is 17.3. The van der Waals surface area contributed by atoms with E-state index in [2.05, 4.69) is 48.5 Å².